The first-order chi connectivity index (χ1) is 10.4. The molecule has 0 aromatic carbocycles. The van der Waals surface area contributed by atoms with Gasteiger partial charge in [0, 0.05) is 25.7 Å². The van der Waals surface area contributed by atoms with Crippen molar-refractivity contribution in [2.45, 2.75) is 70.6 Å². The molecule has 5 nitrogen and oxygen atoms in total. The van der Waals surface area contributed by atoms with E-state index in [1.165, 1.54) is 12.8 Å². The minimum absolute atomic E-state index is 0.161. The Morgan fingerprint density at radius 3 is 2.45 bits per heavy atom. The molecule has 2 aliphatic rings. The normalized spacial score (nSPS) is 19.8. The van der Waals surface area contributed by atoms with Gasteiger partial charge in [-0.1, -0.05) is 0 Å². The minimum atomic E-state index is -0.419. The van der Waals surface area contributed by atoms with E-state index in [1.807, 2.05) is 25.7 Å². The van der Waals surface area contributed by atoms with Crippen LogP contribution in [-0.2, 0) is 9.47 Å². The summed E-state index contributed by atoms with van der Waals surface area (Å²) < 4.78 is 10.8. The summed E-state index contributed by atoms with van der Waals surface area (Å²) >= 11 is 0. The summed E-state index contributed by atoms with van der Waals surface area (Å²) in [6, 6.07) is 0.869. The van der Waals surface area contributed by atoms with Gasteiger partial charge in [0.05, 0.1) is 6.61 Å². The second-order valence-corrected chi connectivity index (χ2v) is 7.61. The van der Waals surface area contributed by atoms with Crippen molar-refractivity contribution >= 4 is 6.09 Å². The SMILES string of the molecule is COCC(NCCCN(C(=O)OC(C)(C)C)C1CC1)C1CC1. The molecule has 2 aliphatic carbocycles. The first-order valence-electron chi connectivity index (χ1n) is 8.62. The molecule has 1 atom stereocenters. The van der Waals surface area contributed by atoms with Crippen LogP contribution in [0.5, 0.6) is 0 Å². The minimum Gasteiger partial charge on any atom is -0.444 e. The molecular formula is C17H32N2O3. The Labute approximate surface area is 134 Å². The summed E-state index contributed by atoms with van der Waals surface area (Å²) in [5.74, 6) is 0.783. The summed E-state index contributed by atoms with van der Waals surface area (Å²) in [7, 11) is 1.76. The molecule has 2 rings (SSSR count). The monoisotopic (exact) mass is 312 g/mol. The predicted molar refractivity (Wildman–Crippen MR) is 87.0 cm³/mol. The van der Waals surface area contributed by atoms with Crippen molar-refractivity contribution in [1.29, 1.82) is 0 Å². The molecule has 0 aromatic heterocycles. The third-order valence-corrected chi connectivity index (χ3v) is 4.14. The second-order valence-electron chi connectivity index (χ2n) is 7.61. The number of ether oxygens (including phenoxy) is 2. The molecule has 1 unspecified atom stereocenters. The van der Waals surface area contributed by atoms with Crippen LogP contribution in [0.1, 0.15) is 52.9 Å². The van der Waals surface area contributed by atoms with Gasteiger partial charge >= 0.3 is 6.09 Å². The summed E-state index contributed by atoms with van der Waals surface area (Å²) in [6.07, 6.45) is 5.65. The van der Waals surface area contributed by atoms with Crippen LogP contribution < -0.4 is 5.32 Å². The maximum absolute atomic E-state index is 12.3. The van der Waals surface area contributed by atoms with Gasteiger partial charge < -0.3 is 19.7 Å². The van der Waals surface area contributed by atoms with Gasteiger partial charge in [-0.25, -0.2) is 4.79 Å². The lowest BCUT2D eigenvalue weighted by atomic mass is 10.2. The molecule has 0 saturated heterocycles. The van der Waals surface area contributed by atoms with E-state index in [1.54, 1.807) is 7.11 Å². The lowest BCUT2D eigenvalue weighted by Crippen LogP contribution is -2.41. The first kappa shape index (κ1) is 17.5. The molecule has 128 valence electrons. The predicted octanol–water partition coefficient (Wildman–Crippen LogP) is 2.79. The van der Waals surface area contributed by atoms with Gasteiger partial charge in [0.1, 0.15) is 5.60 Å². The molecular weight excluding hydrogens is 280 g/mol. The van der Waals surface area contributed by atoms with Crippen LogP contribution in [0.2, 0.25) is 0 Å². The van der Waals surface area contributed by atoms with E-state index in [4.69, 9.17) is 9.47 Å². The van der Waals surface area contributed by atoms with E-state index in [-0.39, 0.29) is 6.09 Å². The van der Waals surface area contributed by atoms with Crippen molar-refractivity contribution in [3.63, 3.8) is 0 Å². The quantitative estimate of drug-likeness (QED) is 0.665. The van der Waals surface area contributed by atoms with Crippen LogP contribution in [0.15, 0.2) is 0 Å². The molecule has 0 heterocycles. The lowest BCUT2D eigenvalue weighted by molar-refractivity contribution is 0.0231. The third-order valence-electron chi connectivity index (χ3n) is 4.14. The molecule has 5 heteroatoms. The highest BCUT2D eigenvalue weighted by atomic mass is 16.6. The number of hydrogen-bond donors (Lipinski definition) is 1. The van der Waals surface area contributed by atoms with Crippen molar-refractivity contribution in [2.75, 3.05) is 26.8 Å². The molecule has 0 spiro atoms. The van der Waals surface area contributed by atoms with Crippen molar-refractivity contribution in [3.05, 3.63) is 0 Å². The van der Waals surface area contributed by atoms with Crippen LogP contribution in [0.4, 0.5) is 4.79 Å². The third kappa shape index (κ3) is 6.13. The Morgan fingerprint density at radius 1 is 1.27 bits per heavy atom. The first-order valence-corrected chi connectivity index (χ1v) is 8.62. The smallest absolute Gasteiger partial charge is 0.410 e. The van der Waals surface area contributed by atoms with E-state index >= 15 is 0 Å². The Hall–Kier alpha value is -0.810. The summed E-state index contributed by atoms with van der Waals surface area (Å²) in [4.78, 5) is 14.2. The number of nitrogens with zero attached hydrogens (tertiary/aromatic N) is 1. The number of amides is 1. The van der Waals surface area contributed by atoms with Crippen molar-refractivity contribution in [2.24, 2.45) is 5.92 Å². The van der Waals surface area contributed by atoms with Gasteiger partial charge in [-0.15, -0.1) is 0 Å². The zero-order chi connectivity index (χ0) is 16.2. The van der Waals surface area contributed by atoms with Gasteiger partial charge in [-0.3, -0.25) is 0 Å². The number of nitrogens with one attached hydrogen (secondary N) is 1. The van der Waals surface area contributed by atoms with Crippen molar-refractivity contribution in [1.82, 2.24) is 10.2 Å². The van der Waals surface area contributed by atoms with Gasteiger partial charge in [0.15, 0.2) is 0 Å². The highest BCUT2D eigenvalue weighted by Gasteiger charge is 2.35. The number of hydrogen-bond acceptors (Lipinski definition) is 4. The van der Waals surface area contributed by atoms with Crippen LogP contribution in [0.25, 0.3) is 0 Å². The Bertz CT molecular complexity index is 359. The molecule has 0 radical (unpaired) electrons. The van der Waals surface area contributed by atoms with E-state index < -0.39 is 5.60 Å². The van der Waals surface area contributed by atoms with Crippen LogP contribution >= 0.6 is 0 Å². The standard InChI is InChI=1S/C17H32N2O3/c1-17(2,3)22-16(20)19(14-8-9-14)11-5-10-18-15(12-21-4)13-6-7-13/h13-15,18H,5-12H2,1-4H3. The molecule has 1 N–H and O–H groups in total. The molecule has 2 fully saturated rings. The maximum atomic E-state index is 12.3. The highest BCUT2D eigenvalue weighted by molar-refractivity contribution is 5.69. The zero-order valence-electron chi connectivity index (χ0n) is 14.6. The van der Waals surface area contributed by atoms with Gasteiger partial charge in [0.2, 0.25) is 0 Å². The fourth-order valence-corrected chi connectivity index (χ4v) is 2.71. The molecule has 0 aromatic rings. The van der Waals surface area contributed by atoms with E-state index in [0.29, 0.717) is 12.1 Å². The number of methoxy groups -OCH3 is 1. The largest absolute Gasteiger partial charge is 0.444 e. The molecule has 0 aliphatic heterocycles. The average molecular weight is 312 g/mol. The number of rotatable bonds is 9. The van der Waals surface area contributed by atoms with Crippen LogP contribution in [0, 0.1) is 5.92 Å². The van der Waals surface area contributed by atoms with Crippen molar-refractivity contribution in [3.8, 4) is 0 Å². The summed E-state index contributed by atoms with van der Waals surface area (Å²) in [5, 5.41) is 3.58. The second kappa shape index (κ2) is 7.64. The van der Waals surface area contributed by atoms with Gasteiger partial charge in [0.25, 0.3) is 0 Å². The number of carbonyl (C=O) groups is 1. The summed E-state index contributed by atoms with van der Waals surface area (Å²) in [5.41, 5.74) is -0.419. The maximum Gasteiger partial charge on any atom is 0.410 e. The Morgan fingerprint density at radius 2 is 1.95 bits per heavy atom. The number of carbonyl (C=O) groups excluding carboxylic acids is 1. The Kier molecular flexibility index (Phi) is 6.09. The highest BCUT2D eigenvalue weighted by Crippen LogP contribution is 2.32. The zero-order valence-corrected chi connectivity index (χ0v) is 14.6. The molecule has 22 heavy (non-hydrogen) atoms. The topological polar surface area (TPSA) is 50.8 Å². The van der Waals surface area contributed by atoms with Gasteiger partial charge in [-0.2, -0.15) is 0 Å². The molecule has 2 saturated carbocycles. The van der Waals surface area contributed by atoms with E-state index in [0.717, 1.165) is 44.9 Å². The Balaban J connectivity index is 1.69. The molecule has 1 amide bonds. The fourth-order valence-electron chi connectivity index (χ4n) is 2.71. The van der Waals surface area contributed by atoms with Gasteiger partial charge in [-0.05, 0) is 65.3 Å². The molecule has 0 bridgehead atoms. The van der Waals surface area contributed by atoms with Crippen LogP contribution in [-0.4, -0.2) is 55.5 Å². The van der Waals surface area contributed by atoms with Crippen LogP contribution in [0.3, 0.4) is 0 Å². The summed E-state index contributed by atoms with van der Waals surface area (Å²) in [6.45, 7) is 8.24. The van der Waals surface area contributed by atoms with E-state index in [9.17, 15) is 4.79 Å². The lowest BCUT2D eigenvalue weighted by Gasteiger charge is -2.27. The fraction of sp³-hybridized carbons (Fsp3) is 0.941. The van der Waals surface area contributed by atoms with Crippen molar-refractivity contribution < 1.29 is 14.3 Å². The van der Waals surface area contributed by atoms with E-state index in [2.05, 4.69) is 5.32 Å². The average Bonchev–Trinajstić information content (AvgIpc) is 3.25.